The van der Waals surface area contributed by atoms with E-state index in [0.717, 1.165) is 19.0 Å². The zero-order chi connectivity index (χ0) is 7.68. The molecule has 0 unspecified atom stereocenters. The normalized spacial score (nSPS) is 31.0. The minimum absolute atomic E-state index is 0.414. The first kappa shape index (κ1) is 6.79. The first-order chi connectivity index (χ1) is 5.38. The standard InChI is InChI=1S/C7H11N3O/c1-5-2-8-3-6(5)7-9-4-10-11-7/h4-6,8H,2-3H2,1H3/t5-,6-/m1/s1. The Morgan fingerprint density at radius 3 is 3.09 bits per heavy atom. The van der Waals surface area contributed by atoms with Gasteiger partial charge >= 0.3 is 0 Å². The van der Waals surface area contributed by atoms with Crippen LogP contribution in [-0.4, -0.2) is 23.2 Å². The van der Waals surface area contributed by atoms with Crippen molar-refractivity contribution in [2.45, 2.75) is 12.8 Å². The van der Waals surface area contributed by atoms with Crippen LogP contribution in [0.2, 0.25) is 0 Å². The number of nitrogens with one attached hydrogen (secondary N) is 1. The lowest BCUT2D eigenvalue weighted by atomic mass is 9.98. The van der Waals surface area contributed by atoms with E-state index in [1.807, 2.05) is 0 Å². The molecule has 0 saturated carbocycles. The molecule has 0 spiro atoms. The predicted molar refractivity (Wildman–Crippen MR) is 39.1 cm³/mol. The monoisotopic (exact) mass is 153 g/mol. The van der Waals surface area contributed by atoms with Gasteiger partial charge in [-0.2, -0.15) is 4.98 Å². The molecule has 1 aromatic rings. The molecule has 1 saturated heterocycles. The highest BCUT2D eigenvalue weighted by atomic mass is 16.5. The summed E-state index contributed by atoms with van der Waals surface area (Å²) in [7, 11) is 0. The Morgan fingerprint density at radius 2 is 2.55 bits per heavy atom. The third-order valence-corrected chi connectivity index (χ3v) is 2.21. The Morgan fingerprint density at radius 1 is 1.64 bits per heavy atom. The molecule has 4 nitrogen and oxygen atoms in total. The maximum Gasteiger partial charge on any atom is 0.231 e. The summed E-state index contributed by atoms with van der Waals surface area (Å²) < 4.78 is 4.99. The molecule has 1 fully saturated rings. The Hall–Kier alpha value is -0.900. The summed E-state index contributed by atoms with van der Waals surface area (Å²) in [4.78, 5) is 4.03. The predicted octanol–water partition coefficient (Wildman–Crippen LogP) is 0.392. The fourth-order valence-electron chi connectivity index (χ4n) is 1.49. The van der Waals surface area contributed by atoms with E-state index in [2.05, 4.69) is 22.4 Å². The Kier molecular flexibility index (Phi) is 1.62. The molecular formula is C7H11N3O. The molecule has 60 valence electrons. The van der Waals surface area contributed by atoms with E-state index in [0.29, 0.717) is 11.8 Å². The summed E-state index contributed by atoms with van der Waals surface area (Å²) in [6, 6.07) is 0. The Bertz CT molecular complexity index is 222. The van der Waals surface area contributed by atoms with Gasteiger partial charge in [0.05, 0.1) is 5.92 Å². The molecule has 2 heterocycles. The van der Waals surface area contributed by atoms with Crippen LogP contribution in [0.15, 0.2) is 10.9 Å². The largest absolute Gasteiger partial charge is 0.339 e. The molecule has 0 radical (unpaired) electrons. The van der Waals surface area contributed by atoms with Crippen LogP contribution < -0.4 is 5.32 Å². The van der Waals surface area contributed by atoms with Gasteiger partial charge in [-0.15, -0.1) is 0 Å². The SMILES string of the molecule is C[C@@H]1CNC[C@H]1c1ncno1. The summed E-state index contributed by atoms with van der Waals surface area (Å²) in [6.45, 7) is 4.20. The fourth-order valence-corrected chi connectivity index (χ4v) is 1.49. The van der Waals surface area contributed by atoms with Crippen LogP contribution >= 0.6 is 0 Å². The van der Waals surface area contributed by atoms with Crippen molar-refractivity contribution in [2.24, 2.45) is 5.92 Å². The van der Waals surface area contributed by atoms with Crippen molar-refractivity contribution in [3.63, 3.8) is 0 Å². The first-order valence-electron chi connectivity index (χ1n) is 3.85. The maximum absolute atomic E-state index is 4.99. The lowest BCUT2D eigenvalue weighted by Crippen LogP contribution is -2.08. The van der Waals surface area contributed by atoms with E-state index < -0.39 is 0 Å². The lowest BCUT2D eigenvalue weighted by molar-refractivity contribution is 0.339. The van der Waals surface area contributed by atoms with E-state index in [1.165, 1.54) is 6.33 Å². The van der Waals surface area contributed by atoms with Crippen LogP contribution in [0.4, 0.5) is 0 Å². The van der Waals surface area contributed by atoms with Crippen molar-refractivity contribution in [3.05, 3.63) is 12.2 Å². The van der Waals surface area contributed by atoms with Crippen LogP contribution in [-0.2, 0) is 0 Å². The van der Waals surface area contributed by atoms with Gasteiger partial charge in [-0.3, -0.25) is 0 Å². The molecule has 1 N–H and O–H groups in total. The van der Waals surface area contributed by atoms with E-state index >= 15 is 0 Å². The van der Waals surface area contributed by atoms with Gasteiger partial charge in [0.2, 0.25) is 5.89 Å². The Labute approximate surface area is 65.0 Å². The highest BCUT2D eigenvalue weighted by molar-refractivity contribution is 4.97. The topological polar surface area (TPSA) is 51.0 Å². The number of hydrogen-bond donors (Lipinski definition) is 1. The molecule has 0 bridgehead atoms. The zero-order valence-corrected chi connectivity index (χ0v) is 6.45. The van der Waals surface area contributed by atoms with Crippen molar-refractivity contribution < 1.29 is 4.52 Å². The van der Waals surface area contributed by atoms with Crippen molar-refractivity contribution >= 4 is 0 Å². The van der Waals surface area contributed by atoms with Crippen LogP contribution in [0, 0.1) is 5.92 Å². The van der Waals surface area contributed by atoms with Crippen LogP contribution in [0.25, 0.3) is 0 Å². The summed E-state index contributed by atoms with van der Waals surface area (Å²) in [5, 5.41) is 6.87. The molecule has 0 aliphatic carbocycles. The number of hydrogen-bond acceptors (Lipinski definition) is 4. The van der Waals surface area contributed by atoms with Crippen LogP contribution in [0.5, 0.6) is 0 Å². The Balaban J connectivity index is 2.16. The highest BCUT2D eigenvalue weighted by Gasteiger charge is 2.28. The van der Waals surface area contributed by atoms with Crippen molar-refractivity contribution in [1.82, 2.24) is 15.5 Å². The summed E-state index contributed by atoms with van der Waals surface area (Å²) in [5.74, 6) is 1.79. The first-order valence-corrected chi connectivity index (χ1v) is 3.85. The summed E-state index contributed by atoms with van der Waals surface area (Å²) in [6.07, 6.45) is 1.46. The van der Waals surface area contributed by atoms with Gasteiger partial charge in [0, 0.05) is 6.54 Å². The maximum atomic E-state index is 4.99. The highest BCUT2D eigenvalue weighted by Crippen LogP contribution is 2.25. The third-order valence-electron chi connectivity index (χ3n) is 2.21. The molecule has 2 atom stereocenters. The minimum atomic E-state index is 0.414. The molecule has 11 heavy (non-hydrogen) atoms. The second kappa shape index (κ2) is 2.62. The van der Waals surface area contributed by atoms with Crippen molar-refractivity contribution in [1.29, 1.82) is 0 Å². The van der Waals surface area contributed by atoms with E-state index in [-0.39, 0.29) is 0 Å². The molecule has 0 amide bonds. The summed E-state index contributed by atoms with van der Waals surface area (Å²) >= 11 is 0. The van der Waals surface area contributed by atoms with Crippen LogP contribution in [0.1, 0.15) is 18.7 Å². The van der Waals surface area contributed by atoms with Gasteiger partial charge in [-0.05, 0) is 12.5 Å². The van der Waals surface area contributed by atoms with E-state index in [9.17, 15) is 0 Å². The van der Waals surface area contributed by atoms with Gasteiger partial charge in [0.1, 0.15) is 0 Å². The second-order valence-corrected chi connectivity index (χ2v) is 3.02. The molecule has 0 aromatic carbocycles. The lowest BCUT2D eigenvalue weighted by Gasteiger charge is -2.06. The third kappa shape index (κ3) is 1.14. The molecule has 1 aromatic heterocycles. The van der Waals surface area contributed by atoms with Gasteiger partial charge in [-0.25, -0.2) is 0 Å². The smallest absolute Gasteiger partial charge is 0.231 e. The fraction of sp³-hybridized carbons (Fsp3) is 0.714. The molecule has 2 rings (SSSR count). The van der Waals surface area contributed by atoms with Gasteiger partial charge in [-0.1, -0.05) is 12.1 Å². The minimum Gasteiger partial charge on any atom is -0.339 e. The zero-order valence-electron chi connectivity index (χ0n) is 6.45. The van der Waals surface area contributed by atoms with Gasteiger partial charge in [0.25, 0.3) is 0 Å². The molecule has 1 aliphatic rings. The number of rotatable bonds is 1. The average molecular weight is 153 g/mol. The molecular weight excluding hydrogens is 142 g/mol. The van der Waals surface area contributed by atoms with Crippen LogP contribution in [0.3, 0.4) is 0 Å². The quantitative estimate of drug-likeness (QED) is 0.634. The number of aromatic nitrogens is 2. The molecule has 4 heteroatoms. The average Bonchev–Trinajstić information content (AvgIpc) is 2.55. The van der Waals surface area contributed by atoms with E-state index in [4.69, 9.17) is 4.52 Å². The second-order valence-electron chi connectivity index (χ2n) is 3.02. The molecule has 1 aliphatic heterocycles. The van der Waals surface area contributed by atoms with Crippen molar-refractivity contribution in [2.75, 3.05) is 13.1 Å². The van der Waals surface area contributed by atoms with Gasteiger partial charge in [0.15, 0.2) is 6.33 Å². The van der Waals surface area contributed by atoms with Crippen molar-refractivity contribution in [3.8, 4) is 0 Å². The van der Waals surface area contributed by atoms with Gasteiger partial charge < -0.3 is 9.84 Å². The van der Waals surface area contributed by atoms with E-state index in [1.54, 1.807) is 0 Å². The number of nitrogens with zero attached hydrogens (tertiary/aromatic N) is 2. The summed E-state index contributed by atoms with van der Waals surface area (Å²) in [5.41, 5.74) is 0.